The molecule has 0 aromatic rings. The molecule has 19 heavy (non-hydrogen) atoms. The van der Waals surface area contributed by atoms with E-state index in [1.807, 2.05) is 11.8 Å². The molecule has 0 spiro atoms. The number of hydrogen-bond acceptors (Lipinski definition) is 4. The summed E-state index contributed by atoms with van der Waals surface area (Å²) in [5.74, 6) is 0.279. The van der Waals surface area contributed by atoms with Gasteiger partial charge in [0.1, 0.15) is 9.84 Å². The predicted octanol–water partition coefficient (Wildman–Crippen LogP) is 1.15. The third kappa shape index (κ3) is 5.10. The third-order valence-corrected chi connectivity index (χ3v) is 4.53. The highest BCUT2D eigenvalue weighted by Gasteiger charge is 2.36. The maximum atomic E-state index is 12.3. The van der Waals surface area contributed by atoms with Gasteiger partial charge in [0, 0.05) is 12.8 Å². The molecule has 1 N–H and O–H groups in total. The highest BCUT2D eigenvalue weighted by atomic mass is 32.2. The van der Waals surface area contributed by atoms with Crippen molar-refractivity contribution in [2.45, 2.75) is 58.2 Å². The van der Waals surface area contributed by atoms with Crippen molar-refractivity contribution in [1.29, 1.82) is 0 Å². The first kappa shape index (κ1) is 16.4. The predicted molar refractivity (Wildman–Crippen MR) is 76.6 cm³/mol. The van der Waals surface area contributed by atoms with Crippen LogP contribution in [-0.2, 0) is 14.6 Å². The molecule has 112 valence electrons. The number of nitrogens with one attached hydrogen (secondary N) is 1. The van der Waals surface area contributed by atoms with Crippen LogP contribution in [0.2, 0.25) is 0 Å². The Morgan fingerprint density at radius 2 is 1.95 bits per heavy atom. The van der Waals surface area contributed by atoms with Gasteiger partial charge in [0.25, 0.3) is 0 Å². The van der Waals surface area contributed by atoms with Gasteiger partial charge in [-0.3, -0.25) is 10.1 Å². The third-order valence-electron chi connectivity index (χ3n) is 3.50. The number of carbonyl (C=O) groups excluding carboxylic acids is 1. The van der Waals surface area contributed by atoms with E-state index in [9.17, 15) is 13.2 Å². The Morgan fingerprint density at radius 3 is 2.47 bits per heavy atom. The largest absolute Gasteiger partial charge is 0.326 e. The molecule has 1 aliphatic heterocycles. The molecule has 2 atom stereocenters. The lowest BCUT2D eigenvalue weighted by molar-refractivity contribution is -0.130. The Bertz CT molecular complexity index is 395. The van der Waals surface area contributed by atoms with Gasteiger partial charge in [0.2, 0.25) is 5.91 Å². The molecule has 0 saturated carbocycles. The monoisotopic (exact) mass is 290 g/mol. The van der Waals surface area contributed by atoms with Crippen molar-refractivity contribution in [3.63, 3.8) is 0 Å². The molecule has 0 aromatic carbocycles. The standard InChI is InChI=1S/C13H26N2O3S/c1-4-6-8-11-13(16)15(12(5-2)14-11)9-7-10-19(3,17)18/h11-12,14H,4-10H2,1-3H3. The van der Waals surface area contributed by atoms with Crippen LogP contribution in [0.25, 0.3) is 0 Å². The Labute approximate surface area is 116 Å². The van der Waals surface area contributed by atoms with Crippen LogP contribution in [0.1, 0.15) is 46.0 Å². The number of rotatable bonds is 8. The van der Waals surface area contributed by atoms with E-state index in [0.717, 1.165) is 25.7 Å². The number of hydrogen-bond donors (Lipinski definition) is 1. The smallest absolute Gasteiger partial charge is 0.241 e. The average molecular weight is 290 g/mol. The van der Waals surface area contributed by atoms with Gasteiger partial charge in [-0.05, 0) is 19.3 Å². The summed E-state index contributed by atoms with van der Waals surface area (Å²) in [7, 11) is -2.94. The Balaban J connectivity index is 2.52. The van der Waals surface area contributed by atoms with Crippen LogP contribution in [0.15, 0.2) is 0 Å². The molecule has 6 heteroatoms. The van der Waals surface area contributed by atoms with E-state index in [0.29, 0.717) is 13.0 Å². The zero-order chi connectivity index (χ0) is 14.5. The van der Waals surface area contributed by atoms with Crippen molar-refractivity contribution >= 4 is 15.7 Å². The Kier molecular flexibility index (Phi) is 6.26. The molecule has 5 nitrogen and oxygen atoms in total. The molecule has 1 heterocycles. The molecule has 1 saturated heterocycles. The van der Waals surface area contributed by atoms with E-state index in [1.165, 1.54) is 6.26 Å². The van der Waals surface area contributed by atoms with Crippen LogP contribution in [0.3, 0.4) is 0 Å². The summed E-state index contributed by atoms with van der Waals surface area (Å²) in [6.07, 6.45) is 5.66. The SMILES string of the molecule is CCCCC1NC(CC)N(CCCS(C)(=O)=O)C1=O. The topological polar surface area (TPSA) is 66.5 Å². The van der Waals surface area contributed by atoms with Crippen molar-refractivity contribution in [1.82, 2.24) is 10.2 Å². The van der Waals surface area contributed by atoms with E-state index in [-0.39, 0.29) is 23.9 Å². The normalized spacial score (nSPS) is 24.2. The van der Waals surface area contributed by atoms with E-state index in [2.05, 4.69) is 12.2 Å². The summed E-state index contributed by atoms with van der Waals surface area (Å²) in [6, 6.07) is -0.0804. The van der Waals surface area contributed by atoms with E-state index >= 15 is 0 Å². The minimum absolute atomic E-state index is 0.0638. The quantitative estimate of drug-likeness (QED) is 0.728. The Hall–Kier alpha value is -0.620. The maximum Gasteiger partial charge on any atom is 0.241 e. The van der Waals surface area contributed by atoms with Crippen LogP contribution in [0, 0.1) is 0 Å². The lowest BCUT2D eigenvalue weighted by atomic mass is 10.1. The van der Waals surface area contributed by atoms with Gasteiger partial charge in [-0.25, -0.2) is 8.42 Å². The molecule has 0 aromatic heterocycles. The van der Waals surface area contributed by atoms with Crippen molar-refractivity contribution in [3.8, 4) is 0 Å². The van der Waals surface area contributed by atoms with Crippen molar-refractivity contribution in [2.24, 2.45) is 0 Å². The lowest BCUT2D eigenvalue weighted by Crippen LogP contribution is -2.37. The summed E-state index contributed by atoms with van der Waals surface area (Å²) in [4.78, 5) is 14.1. The van der Waals surface area contributed by atoms with Crippen LogP contribution in [-0.4, -0.2) is 50.0 Å². The van der Waals surface area contributed by atoms with E-state index in [1.54, 1.807) is 0 Å². The molecule has 1 aliphatic rings. The van der Waals surface area contributed by atoms with Gasteiger partial charge >= 0.3 is 0 Å². The van der Waals surface area contributed by atoms with Crippen LogP contribution in [0.4, 0.5) is 0 Å². The second kappa shape index (κ2) is 7.24. The zero-order valence-corrected chi connectivity index (χ0v) is 13.0. The van der Waals surface area contributed by atoms with Crippen molar-refractivity contribution < 1.29 is 13.2 Å². The fourth-order valence-electron chi connectivity index (χ4n) is 2.46. The van der Waals surface area contributed by atoms with Crippen LogP contribution in [0.5, 0.6) is 0 Å². The Morgan fingerprint density at radius 1 is 1.26 bits per heavy atom. The molecule has 2 unspecified atom stereocenters. The van der Waals surface area contributed by atoms with Gasteiger partial charge in [-0.1, -0.05) is 26.7 Å². The highest BCUT2D eigenvalue weighted by molar-refractivity contribution is 7.90. The molecule has 1 fully saturated rings. The summed E-state index contributed by atoms with van der Waals surface area (Å²) in [5.41, 5.74) is 0. The van der Waals surface area contributed by atoms with Crippen molar-refractivity contribution in [3.05, 3.63) is 0 Å². The summed E-state index contributed by atoms with van der Waals surface area (Å²) >= 11 is 0. The number of unbranched alkanes of at least 4 members (excludes halogenated alkanes) is 1. The molecule has 0 radical (unpaired) electrons. The number of nitrogens with zero attached hydrogens (tertiary/aromatic N) is 1. The van der Waals surface area contributed by atoms with E-state index in [4.69, 9.17) is 0 Å². The second-order valence-electron chi connectivity index (χ2n) is 5.30. The summed E-state index contributed by atoms with van der Waals surface area (Å²) in [6.45, 7) is 4.68. The van der Waals surface area contributed by atoms with Crippen molar-refractivity contribution in [2.75, 3.05) is 18.6 Å². The lowest BCUT2D eigenvalue weighted by Gasteiger charge is -2.22. The molecular formula is C13H26N2O3S. The van der Waals surface area contributed by atoms with Gasteiger partial charge in [-0.2, -0.15) is 0 Å². The van der Waals surface area contributed by atoms with Gasteiger partial charge in [-0.15, -0.1) is 0 Å². The zero-order valence-electron chi connectivity index (χ0n) is 12.2. The first-order chi connectivity index (χ1) is 8.89. The molecule has 0 bridgehead atoms. The molecule has 1 amide bonds. The van der Waals surface area contributed by atoms with E-state index < -0.39 is 9.84 Å². The molecule has 1 rings (SSSR count). The summed E-state index contributed by atoms with van der Waals surface area (Å²) < 4.78 is 22.2. The van der Waals surface area contributed by atoms with Gasteiger partial charge in [0.05, 0.1) is 18.0 Å². The average Bonchev–Trinajstić information content (AvgIpc) is 2.62. The fraction of sp³-hybridized carbons (Fsp3) is 0.923. The number of amides is 1. The van der Waals surface area contributed by atoms with Gasteiger partial charge in [0.15, 0.2) is 0 Å². The van der Waals surface area contributed by atoms with Crippen LogP contribution >= 0.6 is 0 Å². The highest BCUT2D eigenvalue weighted by Crippen LogP contribution is 2.17. The maximum absolute atomic E-state index is 12.3. The number of carbonyl (C=O) groups is 1. The first-order valence-electron chi connectivity index (χ1n) is 7.13. The van der Waals surface area contributed by atoms with Gasteiger partial charge < -0.3 is 4.90 Å². The second-order valence-corrected chi connectivity index (χ2v) is 7.56. The molecular weight excluding hydrogens is 264 g/mol. The minimum atomic E-state index is -2.94. The first-order valence-corrected chi connectivity index (χ1v) is 9.19. The number of sulfone groups is 1. The van der Waals surface area contributed by atoms with Crippen LogP contribution < -0.4 is 5.32 Å². The summed E-state index contributed by atoms with van der Waals surface area (Å²) in [5, 5.41) is 3.35. The minimum Gasteiger partial charge on any atom is -0.326 e. The fourth-order valence-corrected chi connectivity index (χ4v) is 3.12. The molecule has 0 aliphatic carbocycles.